The van der Waals surface area contributed by atoms with E-state index in [9.17, 15) is 22.9 Å². The number of hydrogen-bond acceptors (Lipinski definition) is 5. The first kappa shape index (κ1) is 21.7. The fraction of sp³-hybridized carbons (Fsp3) is 0.0435. The van der Waals surface area contributed by atoms with Crippen LogP contribution in [0.4, 0.5) is 10.1 Å². The lowest BCUT2D eigenvalue weighted by Gasteiger charge is -2.10. The standard InChI is InChI=1S/C23H17FN2O4S/c1-16-6-12-21(13-7-16)31(28,29)30-22-5-3-2-4-17(22)14-18(15-25)23(27)26-20-10-8-19(24)9-11-20/h2-14H,1H3,(H,26,27)/b18-14+. The van der Waals surface area contributed by atoms with Gasteiger partial charge < -0.3 is 9.50 Å². The molecule has 0 unspecified atom stereocenters. The minimum absolute atomic E-state index is 0.0218. The molecule has 156 valence electrons. The molecule has 0 bridgehead atoms. The van der Waals surface area contributed by atoms with E-state index in [2.05, 4.69) is 5.32 Å². The van der Waals surface area contributed by atoms with Gasteiger partial charge in [0, 0.05) is 11.3 Å². The van der Waals surface area contributed by atoms with Gasteiger partial charge in [0.1, 0.15) is 28.1 Å². The van der Waals surface area contributed by atoms with E-state index in [1.165, 1.54) is 54.6 Å². The number of aryl methyl sites for hydroxylation is 1. The van der Waals surface area contributed by atoms with Crippen molar-refractivity contribution in [1.29, 1.82) is 5.26 Å². The second-order valence-corrected chi connectivity index (χ2v) is 8.07. The maximum atomic E-state index is 13.0. The van der Waals surface area contributed by atoms with E-state index in [4.69, 9.17) is 4.18 Å². The highest BCUT2D eigenvalue weighted by Gasteiger charge is 2.19. The molecular formula is C23H17FN2O4S. The van der Waals surface area contributed by atoms with Gasteiger partial charge in [0.25, 0.3) is 5.91 Å². The van der Waals surface area contributed by atoms with Crippen molar-refractivity contribution in [3.8, 4) is 11.8 Å². The first-order valence-electron chi connectivity index (χ1n) is 9.07. The van der Waals surface area contributed by atoms with Crippen LogP contribution in [-0.4, -0.2) is 14.3 Å². The Labute approximate surface area is 179 Å². The Bertz CT molecular complexity index is 1280. The van der Waals surface area contributed by atoms with Gasteiger partial charge >= 0.3 is 10.1 Å². The third kappa shape index (κ3) is 5.56. The van der Waals surface area contributed by atoms with Crippen LogP contribution in [0.25, 0.3) is 6.08 Å². The van der Waals surface area contributed by atoms with Crippen molar-refractivity contribution in [3.63, 3.8) is 0 Å². The number of nitriles is 1. The van der Waals surface area contributed by atoms with Crippen LogP contribution in [0.3, 0.4) is 0 Å². The maximum Gasteiger partial charge on any atom is 0.339 e. The number of amides is 1. The first-order chi connectivity index (χ1) is 14.8. The number of benzene rings is 3. The van der Waals surface area contributed by atoms with Crippen molar-refractivity contribution in [1.82, 2.24) is 0 Å². The largest absolute Gasteiger partial charge is 0.378 e. The zero-order valence-electron chi connectivity index (χ0n) is 16.4. The summed E-state index contributed by atoms with van der Waals surface area (Å²) in [6, 6.07) is 19.1. The van der Waals surface area contributed by atoms with E-state index in [-0.39, 0.29) is 21.8 Å². The van der Waals surface area contributed by atoms with Crippen molar-refractivity contribution >= 4 is 27.8 Å². The average Bonchev–Trinajstić information content (AvgIpc) is 2.74. The first-order valence-corrected chi connectivity index (χ1v) is 10.5. The van der Waals surface area contributed by atoms with Crippen LogP contribution in [-0.2, 0) is 14.9 Å². The molecule has 0 radical (unpaired) electrons. The smallest absolute Gasteiger partial charge is 0.339 e. The molecule has 31 heavy (non-hydrogen) atoms. The van der Waals surface area contributed by atoms with E-state index in [1.807, 2.05) is 6.92 Å². The maximum absolute atomic E-state index is 13.0. The summed E-state index contributed by atoms with van der Waals surface area (Å²) < 4.78 is 43.5. The molecule has 3 aromatic carbocycles. The molecule has 0 atom stereocenters. The fourth-order valence-electron chi connectivity index (χ4n) is 2.58. The third-order valence-corrected chi connectivity index (χ3v) is 5.44. The van der Waals surface area contributed by atoms with Crippen molar-refractivity contribution in [2.75, 3.05) is 5.32 Å². The summed E-state index contributed by atoms with van der Waals surface area (Å²) in [5.41, 5.74) is 1.14. The average molecular weight is 436 g/mol. The van der Waals surface area contributed by atoms with E-state index >= 15 is 0 Å². The van der Waals surface area contributed by atoms with E-state index in [0.717, 1.165) is 5.56 Å². The Kier molecular flexibility index (Phi) is 6.48. The predicted octanol–water partition coefficient (Wildman–Crippen LogP) is 4.45. The van der Waals surface area contributed by atoms with E-state index in [0.29, 0.717) is 5.69 Å². The number of anilines is 1. The molecule has 8 heteroatoms. The Morgan fingerprint density at radius 2 is 1.68 bits per heavy atom. The number of nitrogens with zero attached hydrogens (tertiary/aromatic N) is 1. The van der Waals surface area contributed by atoms with Crippen molar-refractivity contribution < 1.29 is 21.8 Å². The lowest BCUT2D eigenvalue weighted by molar-refractivity contribution is -0.112. The Morgan fingerprint density at radius 3 is 2.32 bits per heavy atom. The molecule has 0 saturated heterocycles. The Balaban J connectivity index is 1.88. The van der Waals surface area contributed by atoms with Crippen molar-refractivity contribution in [2.24, 2.45) is 0 Å². The van der Waals surface area contributed by atoms with E-state index in [1.54, 1.807) is 30.3 Å². The molecule has 0 saturated carbocycles. The van der Waals surface area contributed by atoms with Gasteiger partial charge in [0.05, 0.1) is 0 Å². The summed E-state index contributed by atoms with van der Waals surface area (Å²) in [6.07, 6.45) is 1.22. The van der Waals surface area contributed by atoms with Gasteiger partial charge in [-0.2, -0.15) is 13.7 Å². The second kappa shape index (κ2) is 9.24. The zero-order chi connectivity index (χ0) is 22.4. The van der Waals surface area contributed by atoms with Crippen LogP contribution in [0.5, 0.6) is 5.75 Å². The highest BCUT2D eigenvalue weighted by molar-refractivity contribution is 7.87. The quantitative estimate of drug-likeness (QED) is 0.350. The van der Waals surface area contributed by atoms with Gasteiger partial charge in [-0.3, -0.25) is 4.79 Å². The van der Waals surface area contributed by atoms with Crippen molar-refractivity contribution in [2.45, 2.75) is 11.8 Å². The molecule has 1 N–H and O–H groups in total. The summed E-state index contributed by atoms with van der Waals surface area (Å²) in [5, 5.41) is 11.9. The molecule has 0 aliphatic rings. The summed E-state index contributed by atoms with van der Waals surface area (Å²) in [6.45, 7) is 1.83. The molecule has 0 aliphatic heterocycles. The summed E-state index contributed by atoms with van der Waals surface area (Å²) in [4.78, 5) is 12.4. The molecule has 3 aromatic rings. The number of rotatable bonds is 6. The number of carbonyl (C=O) groups is 1. The summed E-state index contributed by atoms with van der Waals surface area (Å²) in [5.74, 6) is -1.23. The van der Waals surface area contributed by atoms with Gasteiger partial charge in [-0.25, -0.2) is 4.39 Å². The highest BCUT2D eigenvalue weighted by Crippen LogP contribution is 2.25. The predicted molar refractivity (Wildman–Crippen MR) is 114 cm³/mol. The van der Waals surface area contributed by atoms with Crippen LogP contribution >= 0.6 is 0 Å². The molecule has 6 nitrogen and oxygen atoms in total. The topological polar surface area (TPSA) is 96.3 Å². The van der Waals surface area contributed by atoms with E-state index < -0.39 is 21.8 Å². The monoisotopic (exact) mass is 436 g/mol. The molecule has 3 rings (SSSR count). The SMILES string of the molecule is Cc1ccc(S(=O)(=O)Oc2ccccc2/C=C(\C#N)C(=O)Nc2ccc(F)cc2)cc1. The highest BCUT2D eigenvalue weighted by atomic mass is 32.2. The number of para-hydroxylation sites is 1. The molecular weight excluding hydrogens is 419 g/mol. The zero-order valence-corrected chi connectivity index (χ0v) is 17.2. The lowest BCUT2D eigenvalue weighted by atomic mass is 10.1. The molecule has 0 spiro atoms. The van der Waals surface area contributed by atoms with Crippen LogP contribution in [0.2, 0.25) is 0 Å². The van der Waals surface area contributed by atoms with Gasteiger partial charge in [-0.15, -0.1) is 0 Å². The van der Waals surface area contributed by atoms with Crippen LogP contribution < -0.4 is 9.50 Å². The summed E-state index contributed by atoms with van der Waals surface area (Å²) >= 11 is 0. The molecule has 0 heterocycles. The van der Waals surface area contributed by atoms with Crippen molar-refractivity contribution in [3.05, 3.63) is 95.3 Å². The van der Waals surface area contributed by atoms with Crippen LogP contribution in [0, 0.1) is 24.1 Å². The second-order valence-electron chi connectivity index (χ2n) is 6.52. The van der Waals surface area contributed by atoms with Gasteiger partial charge in [0.2, 0.25) is 0 Å². The van der Waals surface area contributed by atoms with Crippen LogP contribution in [0.15, 0.2) is 83.3 Å². The minimum atomic E-state index is -4.12. The fourth-order valence-corrected chi connectivity index (χ4v) is 3.54. The molecule has 1 amide bonds. The lowest BCUT2D eigenvalue weighted by Crippen LogP contribution is -2.14. The molecule has 0 aliphatic carbocycles. The minimum Gasteiger partial charge on any atom is -0.378 e. The third-order valence-electron chi connectivity index (χ3n) is 4.20. The number of hydrogen-bond donors (Lipinski definition) is 1. The number of carbonyl (C=O) groups excluding carboxylic acids is 1. The Hall–Kier alpha value is -3.96. The summed E-state index contributed by atoms with van der Waals surface area (Å²) in [7, 11) is -4.12. The van der Waals surface area contributed by atoms with Gasteiger partial charge in [-0.1, -0.05) is 35.9 Å². The number of halogens is 1. The number of nitrogens with one attached hydrogen (secondary N) is 1. The van der Waals surface area contributed by atoms with Gasteiger partial charge in [-0.05, 0) is 55.5 Å². The Morgan fingerprint density at radius 1 is 1.03 bits per heavy atom. The molecule has 0 fully saturated rings. The normalized spacial score (nSPS) is 11.5. The molecule has 0 aromatic heterocycles. The van der Waals surface area contributed by atoms with Gasteiger partial charge in [0.15, 0.2) is 0 Å². The van der Waals surface area contributed by atoms with Crippen LogP contribution in [0.1, 0.15) is 11.1 Å².